The van der Waals surface area contributed by atoms with Gasteiger partial charge in [0.2, 0.25) is 5.17 Å². The predicted octanol–water partition coefficient (Wildman–Crippen LogP) is 2.98. The number of halogens is 2. The lowest BCUT2D eigenvalue weighted by molar-refractivity contribution is -0.134. The summed E-state index contributed by atoms with van der Waals surface area (Å²) in [6.45, 7) is 1.97. The highest BCUT2D eigenvalue weighted by molar-refractivity contribution is 9.10. The van der Waals surface area contributed by atoms with Crippen LogP contribution in [0.1, 0.15) is 6.92 Å². The topological polar surface area (TPSA) is 50.7 Å². The van der Waals surface area contributed by atoms with E-state index in [0.717, 1.165) is 10.2 Å². The Morgan fingerprint density at radius 3 is 2.69 bits per heavy atom. The van der Waals surface area contributed by atoms with Crippen molar-refractivity contribution in [2.24, 2.45) is 5.10 Å². The number of hydrogen-bond acceptors (Lipinski definition) is 4. The minimum atomic E-state index is -0.645. The summed E-state index contributed by atoms with van der Waals surface area (Å²) >= 11 is 8.90. The molecule has 0 atom stereocenters. The first kappa shape index (κ1) is 13.0. The second-order valence-electron chi connectivity index (χ2n) is 2.74. The largest absolute Gasteiger partial charge is 0.461 e. The molecule has 1 aromatic carbocycles. The maximum absolute atomic E-state index is 11.1. The first-order valence-electron chi connectivity index (χ1n) is 4.55. The van der Waals surface area contributed by atoms with Crippen molar-refractivity contribution < 1.29 is 9.53 Å². The van der Waals surface area contributed by atoms with Gasteiger partial charge in [0.05, 0.1) is 12.3 Å². The molecular formula is C10H10BrClN2O2. The Kier molecular flexibility index (Phi) is 5.28. The number of nitrogens with zero attached hydrogens (tertiary/aromatic N) is 1. The minimum absolute atomic E-state index is 0.232. The third-order valence-electron chi connectivity index (χ3n) is 1.57. The van der Waals surface area contributed by atoms with Gasteiger partial charge in [0, 0.05) is 4.47 Å². The molecule has 16 heavy (non-hydrogen) atoms. The number of esters is 1. The fraction of sp³-hybridized carbons (Fsp3) is 0.200. The summed E-state index contributed by atoms with van der Waals surface area (Å²) in [5.41, 5.74) is 3.37. The zero-order chi connectivity index (χ0) is 12.0. The fourth-order valence-electron chi connectivity index (χ4n) is 0.874. The second kappa shape index (κ2) is 6.50. The van der Waals surface area contributed by atoms with Crippen molar-refractivity contribution in [1.82, 2.24) is 0 Å². The smallest absolute Gasteiger partial charge is 0.370 e. The van der Waals surface area contributed by atoms with E-state index in [1.807, 2.05) is 12.1 Å². The van der Waals surface area contributed by atoms with Crippen molar-refractivity contribution >= 4 is 44.4 Å². The van der Waals surface area contributed by atoms with E-state index in [2.05, 4.69) is 31.2 Å². The van der Waals surface area contributed by atoms with Gasteiger partial charge in [-0.2, -0.15) is 5.10 Å². The third kappa shape index (κ3) is 4.20. The average Bonchev–Trinajstić information content (AvgIpc) is 2.28. The van der Waals surface area contributed by atoms with Gasteiger partial charge in [0.25, 0.3) is 0 Å². The molecule has 0 aliphatic carbocycles. The Morgan fingerprint density at radius 2 is 2.12 bits per heavy atom. The van der Waals surface area contributed by atoms with Crippen molar-refractivity contribution in [1.29, 1.82) is 0 Å². The molecule has 0 spiro atoms. The molecule has 0 unspecified atom stereocenters. The van der Waals surface area contributed by atoms with Gasteiger partial charge in [0.1, 0.15) is 0 Å². The van der Waals surface area contributed by atoms with E-state index >= 15 is 0 Å². The summed E-state index contributed by atoms with van der Waals surface area (Å²) in [5.74, 6) is -0.645. The number of carbonyl (C=O) groups is 1. The van der Waals surface area contributed by atoms with Gasteiger partial charge < -0.3 is 4.74 Å². The van der Waals surface area contributed by atoms with E-state index < -0.39 is 5.97 Å². The molecule has 1 aromatic rings. The molecule has 0 radical (unpaired) electrons. The number of carbonyl (C=O) groups excluding carboxylic acids is 1. The van der Waals surface area contributed by atoms with Gasteiger partial charge in [-0.25, -0.2) is 4.79 Å². The van der Waals surface area contributed by atoms with Crippen LogP contribution in [0.25, 0.3) is 0 Å². The lowest BCUT2D eigenvalue weighted by Crippen LogP contribution is -2.13. The predicted molar refractivity (Wildman–Crippen MR) is 67.7 cm³/mol. The number of anilines is 1. The summed E-state index contributed by atoms with van der Waals surface area (Å²) in [6.07, 6.45) is 0. The third-order valence-corrected chi connectivity index (χ3v) is 2.34. The van der Waals surface area contributed by atoms with Crippen molar-refractivity contribution in [3.05, 3.63) is 28.7 Å². The Bertz CT molecular complexity index is 392. The summed E-state index contributed by atoms with van der Waals surface area (Å²) in [5, 5.41) is 3.45. The molecule has 0 saturated heterocycles. The molecule has 0 heterocycles. The van der Waals surface area contributed by atoms with Crippen LogP contribution in [0, 0.1) is 0 Å². The molecule has 0 aromatic heterocycles. The Morgan fingerprint density at radius 1 is 1.50 bits per heavy atom. The molecular weight excluding hydrogens is 295 g/mol. The molecule has 0 saturated carbocycles. The minimum Gasteiger partial charge on any atom is -0.461 e. The molecule has 1 rings (SSSR count). The van der Waals surface area contributed by atoms with Crippen molar-refractivity contribution in [2.75, 3.05) is 12.0 Å². The van der Waals surface area contributed by atoms with E-state index in [1.54, 1.807) is 19.1 Å². The number of nitrogens with one attached hydrogen (secondary N) is 1. The van der Waals surface area contributed by atoms with E-state index in [9.17, 15) is 4.79 Å². The molecule has 1 N–H and O–H groups in total. The zero-order valence-electron chi connectivity index (χ0n) is 8.54. The van der Waals surface area contributed by atoms with Gasteiger partial charge >= 0.3 is 5.97 Å². The highest BCUT2D eigenvalue weighted by atomic mass is 79.9. The zero-order valence-corrected chi connectivity index (χ0v) is 10.9. The molecule has 0 aliphatic rings. The average molecular weight is 306 g/mol. The normalized spacial score (nSPS) is 11.1. The van der Waals surface area contributed by atoms with Crippen molar-refractivity contribution in [3.63, 3.8) is 0 Å². The molecule has 4 nitrogen and oxygen atoms in total. The molecule has 6 heteroatoms. The standard InChI is InChI=1S/C10H10BrClN2O2/c1-2-16-10(15)9(12)14-13-8-5-3-7(11)4-6-8/h3-6,13H,2H2,1H3/b14-9-. The van der Waals surface area contributed by atoms with Gasteiger partial charge in [-0.05, 0) is 31.2 Å². The highest BCUT2D eigenvalue weighted by Crippen LogP contribution is 2.14. The second-order valence-corrected chi connectivity index (χ2v) is 4.02. The lowest BCUT2D eigenvalue weighted by atomic mass is 10.3. The van der Waals surface area contributed by atoms with Crippen molar-refractivity contribution in [2.45, 2.75) is 6.92 Å². The summed E-state index contributed by atoms with van der Waals surface area (Å²) in [7, 11) is 0. The van der Waals surface area contributed by atoms with Crippen LogP contribution >= 0.6 is 27.5 Å². The molecule has 0 fully saturated rings. The van der Waals surface area contributed by atoms with Gasteiger partial charge in [-0.15, -0.1) is 0 Å². The monoisotopic (exact) mass is 304 g/mol. The van der Waals surface area contributed by atoms with Gasteiger partial charge in [-0.3, -0.25) is 5.43 Å². The van der Waals surface area contributed by atoms with Crippen molar-refractivity contribution in [3.8, 4) is 0 Å². The Hall–Kier alpha value is -1.07. The van der Waals surface area contributed by atoms with E-state index in [-0.39, 0.29) is 11.8 Å². The van der Waals surface area contributed by atoms with Crippen LogP contribution in [0.3, 0.4) is 0 Å². The maximum atomic E-state index is 11.1. The SMILES string of the molecule is CCOC(=O)/C(Cl)=N/Nc1ccc(Br)cc1. The fourth-order valence-corrected chi connectivity index (χ4v) is 1.24. The quantitative estimate of drug-likeness (QED) is 0.528. The van der Waals surface area contributed by atoms with Crippen LogP contribution in [0.2, 0.25) is 0 Å². The van der Waals surface area contributed by atoms with E-state index in [4.69, 9.17) is 11.6 Å². The Balaban J connectivity index is 2.58. The van der Waals surface area contributed by atoms with Gasteiger partial charge in [0.15, 0.2) is 0 Å². The molecule has 0 aliphatic heterocycles. The van der Waals surface area contributed by atoms with Crippen LogP contribution in [-0.2, 0) is 9.53 Å². The maximum Gasteiger partial charge on any atom is 0.370 e. The Labute approximate surface area is 107 Å². The van der Waals surface area contributed by atoms with Crippen LogP contribution in [-0.4, -0.2) is 17.7 Å². The summed E-state index contributed by atoms with van der Waals surface area (Å²) in [4.78, 5) is 11.1. The van der Waals surface area contributed by atoms with Crippen LogP contribution in [0.15, 0.2) is 33.8 Å². The number of hydrazone groups is 1. The first-order chi connectivity index (χ1) is 7.63. The number of benzene rings is 1. The number of hydrogen-bond donors (Lipinski definition) is 1. The van der Waals surface area contributed by atoms with Crippen LogP contribution < -0.4 is 5.43 Å². The van der Waals surface area contributed by atoms with Gasteiger partial charge in [-0.1, -0.05) is 27.5 Å². The molecule has 0 amide bonds. The van der Waals surface area contributed by atoms with Crippen LogP contribution in [0.5, 0.6) is 0 Å². The van der Waals surface area contributed by atoms with E-state index in [1.165, 1.54) is 0 Å². The number of rotatable bonds is 4. The van der Waals surface area contributed by atoms with E-state index in [0.29, 0.717) is 0 Å². The lowest BCUT2D eigenvalue weighted by Gasteiger charge is -2.01. The highest BCUT2D eigenvalue weighted by Gasteiger charge is 2.08. The summed E-state index contributed by atoms with van der Waals surface area (Å²) in [6, 6.07) is 7.28. The number of ether oxygens (including phenoxy) is 1. The summed E-state index contributed by atoms with van der Waals surface area (Å²) < 4.78 is 5.62. The van der Waals surface area contributed by atoms with Crippen LogP contribution in [0.4, 0.5) is 5.69 Å². The first-order valence-corrected chi connectivity index (χ1v) is 5.72. The molecule has 0 bridgehead atoms. The molecule has 86 valence electrons.